The summed E-state index contributed by atoms with van der Waals surface area (Å²) in [6.07, 6.45) is 3.36. The summed E-state index contributed by atoms with van der Waals surface area (Å²) in [5, 5.41) is 6.30. The van der Waals surface area contributed by atoms with Crippen molar-refractivity contribution < 1.29 is 4.79 Å². The zero-order valence-electron chi connectivity index (χ0n) is 18.7. The predicted molar refractivity (Wildman–Crippen MR) is 128 cm³/mol. The number of aromatic nitrogens is 2. The Labute approximate surface area is 188 Å². The molecule has 0 saturated heterocycles. The fraction of sp³-hybridized carbons (Fsp3) is 0.250. The Hall–Kier alpha value is -3.78. The summed E-state index contributed by atoms with van der Waals surface area (Å²) < 4.78 is -0.144. The van der Waals surface area contributed by atoms with Crippen LogP contribution in [0.2, 0.25) is 0 Å². The highest BCUT2D eigenvalue weighted by Gasteiger charge is 2.43. The van der Waals surface area contributed by atoms with Gasteiger partial charge in [0.25, 0.3) is 5.82 Å². The van der Waals surface area contributed by atoms with Gasteiger partial charge in [-0.15, -0.1) is 0 Å². The SMILES string of the molecule is CC(Nc1nccc([N+]2(NC(=O)NC(C)(C)C)C=Nc3ccccc32)n1)c1ccccc1. The largest absolute Gasteiger partial charge is 0.360 e. The summed E-state index contributed by atoms with van der Waals surface area (Å²) in [7, 11) is 0. The zero-order chi connectivity index (χ0) is 22.8. The van der Waals surface area contributed by atoms with E-state index in [2.05, 4.69) is 45.1 Å². The normalized spacial score (nSPS) is 18.0. The lowest BCUT2D eigenvalue weighted by Gasteiger charge is -2.30. The van der Waals surface area contributed by atoms with E-state index in [-0.39, 0.29) is 16.7 Å². The Kier molecular flexibility index (Phi) is 5.63. The number of fused-ring (bicyclic) bond motifs is 1. The van der Waals surface area contributed by atoms with Crippen molar-refractivity contribution in [2.45, 2.75) is 39.3 Å². The van der Waals surface area contributed by atoms with E-state index < -0.39 is 5.54 Å². The minimum absolute atomic E-state index is 0.0107. The lowest BCUT2D eigenvalue weighted by Crippen LogP contribution is -2.61. The molecule has 0 saturated carbocycles. The van der Waals surface area contributed by atoms with E-state index in [9.17, 15) is 4.79 Å². The molecule has 1 aliphatic rings. The maximum atomic E-state index is 12.9. The Morgan fingerprint density at radius 2 is 1.72 bits per heavy atom. The number of anilines is 1. The Bertz CT molecular complexity index is 1140. The van der Waals surface area contributed by atoms with Crippen molar-refractivity contribution in [2.24, 2.45) is 4.99 Å². The van der Waals surface area contributed by atoms with E-state index >= 15 is 0 Å². The van der Waals surface area contributed by atoms with Crippen LogP contribution in [0.15, 0.2) is 71.9 Å². The van der Waals surface area contributed by atoms with Crippen LogP contribution >= 0.6 is 0 Å². The van der Waals surface area contributed by atoms with Crippen LogP contribution < -0.4 is 20.7 Å². The first-order chi connectivity index (χ1) is 15.3. The van der Waals surface area contributed by atoms with Crippen molar-refractivity contribution in [3.63, 3.8) is 0 Å². The zero-order valence-corrected chi connectivity index (χ0v) is 18.7. The monoisotopic (exact) mass is 430 g/mol. The third-order valence-corrected chi connectivity index (χ3v) is 5.05. The smallest absolute Gasteiger partial charge is 0.348 e. The predicted octanol–water partition coefficient (Wildman–Crippen LogP) is 4.97. The second-order valence-electron chi connectivity index (χ2n) is 8.79. The molecule has 0 bridgehead atoms. The van der Waals surface area contributed by atoms with Gasteiger partial charge in [0.1, 0.15) is 5.69 Å². The number of benzene rings is 2. The van der Waals surface area contributed by atoms with Crippen molar-refractivity contribution in [3.05, 3.63) is 72.4 Å². The first-order valence-electron chi connectivity index (χ1n) is 10.6. The summed E-state index contributed by atoms with van der Waals surface area (Å²) in [5.41, 5.74) is 5.36. The van der Waals surface area contributed by atoms with Crippen LogP contribution in [0, 0.1) is 0 Å². The van der Waals surface area contributed by atoms with Gasteiger partial charge in [0.2, 0.25) is 12.3 Å². The molecule has 2 atom stereocenters. The van der Waals surface area contributed by atoms with Gasteiger partial charge < -0.3 is 10.6 Å². The third-order valence-electron chi connectivity index (χ3n) is 5.05. The van der Waals surface area contributed by atoms with Crippen molar-refractivity contribution >= 4 is 35.5 Å². The summed E-state index contributed by atoms with van der Waals surface area (Å²) in [6.45, 7) is 7.85. The highest BCUT2D eigenvalue weighted by Crippen LogP contribution is 2.41. The molecule has 1 aliphatic heterocycles. The fourth-order valence-corrected chi connectivity index (χ4v) is 3.57. The molecule has 164 valence electrons. The molecule has 4 rings (SSSR count). The Morgan fingerprint density at radius 3 is 2.47 bits per heavy atom. The van der Waals surface area contributed by atoms with Gasteiger partial charge >= 0.3 is 6.03 Å². The van der Waals surface area contributed by atoms with Crippen LogP contribution in [0.3, 0.4) is 0 Å². The molecule has 2 unspecified atom stereocenters. The van der Waals surface area contributed by atoms with Crippen LogP contribution in [-0.2, 0) is 0 Å². The quantitative estimate of drug-likeness (QED) is 0.498. The molecular formula is C24H28N7O+. The van der Waals surface area contributed by atoms with Crippen LogP contribution in [0.25, 0.3) is 0 Å². The number of nitrogens with one attached hydrogen (secondary N) is 3. The molecule has 3 aromatic rings. The van der Waals surface area contributed by atoms with E-state index in [1.165, 1.54) is 0 Å². The molecule has 0 fully saturated rings. The van der Waals surface area contributed by atoms with E-state index in [4.69, 9.17) is 4.98 Å². The fourth-order valence-electron chi connectivity index (χ4n) is 3.57. The summed E-state index contributed by atoms with van der Waals surface area (Å²) in [5.74, 6) is 1.03. The minimum Gasteiger partial charge on any atom is -0.348 e. The molecule has 2 amide bonds. The van der Waals surface area contributed by atoms with Crippen LogP contribution in [0.1, 0.15) is 39.3 Å². The lowest BCUT2D eigenvalue weighted by molar-refractivity contribution is 0.220. The number of hydrogen-bond acceptors (Lipinski definition) is 5. The van der Waals surface area contributed by atoms with Crippen molar-refractivity contribution in [2.75, 3.05) is 5.32 Å². The number of para-hydroxylation sites is 2. The number of carbonyl (C=O) groups is 1. The van der Waals surface area contributed by atoms with Gasteiger partial charge in [-0.05, 0) is 39.3 Å². The number of rotatable bonds is 5. The van der Waals surface area contributed by atoms with Crippen LogP contribution in [-0.4, -0.2) is 27.9 Å². The first kappa shape index (κ1) is 21.5. The van der Waals surface area contributed by atoms with Gasteiger partial charge in [-0.25, -0.2) is 9.78 Å². The third kappa shape index (κ3) is 4.45. The second-order valence-corrected chi connectivity index (χ2v) is 8.79. The molecule has 0 radical (unpaired) electrons. The maximum Gasteiger partial charge on any atom is 0.360 e. The molecule has 1 aromatic heterocycles. The average Bonchev–Trinajstić information content (AvgIpc) is 3.13. The molecule has 8 nitrogen and oxygen atoms in total. The Balaban J connectivity index is 1.69. The minimum atomic E-state index is -0.395. The Morgan fingerprint density at radius 1 is 1.00 bits per heavy atom. The maximum absolute atomic E-state index is 12.9. The summed E-state index contributed by atoms with van der Waals surface area (Å²) >= 11 is 0. The number of urea groups is 1. The summed E-state index contributed by atoms with van der Waals surface area (Å²) in [4.78, 5) is 26.6. The number of nitrogens with zero attached hydrogens (tertiary/aromatic N) is 4. The molecular weight excluding hydrogens is 402 g/mol. The van der Waals surface area contributed by atoms with Crippen LogP contribution in [0.5, 0.6) is 0 Å². The van der Waals surface area contributed by atoms with E-state index in [0.717, 1.165) is 16.9 Å². The average molecular weight is 431 g/mol. The van der Waals surface area contributed by atoms with Gasteiger partial charge in [-0.2, -0.15) is 15.4 Å². The van der Waals surface area contributed by atoms with Crippen molar-refractivity contribution in [1.29, 1.82) is 0 Å². The number of amides is 2. The molecule has 2 heterocycles. The number of hydrogen-bond donors (Lipinski definition) is 3. The molecule has 3 N–H and O–H groups in total. The molecule has 8 heteroatoms. The first-order valence-corrected chi connectivity index (χ1v) is 10.6. The lowest BCUT2D eigenvalue weighted by atomic mass is 10.1. The van der Waals surface area contributed by atoms with Crippen LogP contribution in [0.4, 0.5) is 27.9 Å². The molecule has 32 heavy (non-hydrogen) atoms. The standard InChI is InChI=1S/C24H27N7O/c1-17(18-10-6-5-7-11-18)27-22-25-15-14-21(28-22)31(30-23(32)29-24(2,3)4)16-26-19-12-8-9-13-20(19)31/h5-17H,1-4H3,(H2-,25,27,28,29,30,32)/p+1. The number of aliphatic imine (C=N–C) groups is 1. The van der Waals surface area contributed by atoms with Crippen molar-refractivity contribution in [1.82, 2.24) is 25.3 Å². The number of quaternary nitrogens is 1. The van der Waals surface area contributed by atoms with Gasteiger partial charge in [0.15, 0.2) is 5.69 Å². The van der Waals surface area contributed by atoms with Gasteiger partial charge in [-0.3, -0.25) is 0 Å². The number of carbonyl (C=O) groups excluding carboxylic acids is 1. The van der Waals surface area contributed by atoms with E-state index in [1.54, 1.807) is 18.6 Å². The van der Waals surface area contributed by atoms with E-state index in [0.29, 0.717) is 11.8 Å². The van der Waals surface area contributed by atoms with Gasteiger partial charge in [-0.1, -0.05) is 47.1 Å². The molecule has 2 aromatic carbocycles. The topological polar surface area (TPSA) is 91.3 Å². The van der Waals surface area contributed by atoms with Crippen molar-refractivity contribution in [3.8, 4) is 0 Å². The van der Waals surface area contributed by atoms with E-state index in [1.807, 2.05) is 63.2 Å². The van der Waals surface area contributed by atoms with Gasteiger partial charge in [0.05, 0.1) is 6.04 Å². The van der Waals surface area contributed by atoms with Gasteiger partial charge in [0, 0.05) is 23.9 Å². The second kappa shape index (κ2) is 8.39. The highest BCUT2D eigenvalue weighted by atomic mass is 16.2. The highest BCUT2D eigenvalue weighted by molar-refractivity contribution is 5.96. The molecule has 0 aliphatic carbocycles. The molecule has 0 spiro atoms. The summed E-state index contributed by atoms with van der Waals surface area (Å²) in [6, 6.07) is 19.2.